The van der Waals surface area contributed by atoms with Crippen LogP contribution in [0.5, 0.6) is 0 Å². The van der Waals surface area contributed by atoms with Gasteiger partial charge in [0.2, 0.25) is 0 Å². The van der Waals surface area contributed by atoms with Crippen molar-refractivity contribution in [3.63, 3.8) is 0 Å². The van der Waals surface area contributed by atoms with Crippen LogP contribution >= 0.6 is 0 Å². The maximum absolute atomic E-state index is 2.61. The number of rotatable bonds is 7. The van der Waals surface area contributed by atoms with Crippen LogP contribution in [0, 0.1) is 0 Å². The molecule has 2 heteroatoms. The quantitative estimate of drug-likeness (QED) is 0.155. The van der Waals surface area contributed by atoms with Crippen LogP contribution in [0.3, 0.4) is 0 Å². The summed E-state index contributed by atoms with van der Waals surface area (Å²) in [6, 6.07) is 81.0. The Bertz CT molecular complexity index is 3960. The zero-order valence-corrected chi connectivity index (χ0v) is 38.7. The van der Waals surface area contributed by atoms with Crippen molar-refractivity contribution in [1.82, 2.24) is 4.57 Å². The fraction of sp³-hybridized carbons (Fsp3) is 0.0746. The molecule has 10 aromatic carbocycles. The first-order chi connectivity index (χ1) is 34.0. The van der Waals surface area contributed by atoms with Gasteiger partial charge in [0.25, 0.3) is 0 Å². The predicted molar refractivity (Wildman–Crippen MR) is 291 cm³/mol. The van der Waals surface area contributed by atoms with Gasteiger partial charge in [-0.1, -0.05) is 208 Å². The van der Waals surface area contributed by atoms with Gasteiger partial charge in [-0.15, -0.1) is 0 Å². The summed E-state index contributed by atoms with van der Waals surface area (Å²) in [6.45, 7) is 4.79. The van der Waals surface area contributed by atoms with Crippen molar-refractivity contribution in [3.05, 3.63) is 259 Å². The lowest BCUT2D eigenvalue weighted by atomic mass is 9.81. The fourth-order valence-corrected chi connectivity index (χ4v) is 12.1. The molecule has 1 aromatic heterocycles. The molecule has 0 N–H and O–H groups in total. The Morgan fingerprint density at radius 1 is 0.464 bits per heavy atom. The largest absolute Gasteiger partial charge is 0.310 e. The molecule has 1 atom stereocenters. The number of aromatic nitrogens is 1. The van der Waals surface area contributed by atoms with Gasteiger partial charge in [0.15, 0.2) is 0 Å². The lowest BCUT2D eigenvalue weighted by Gasteiger charge is -2.29. The minimum atomic E-state index is -0.0821. The molecule has 326 valence electrons. The van der Waals surface area contributed by atoms with E-state index in [1.807, 2.05) is 0 Å². The molecule has 0 bridgehead atoms. The Hall–Kier alpha value is -8.46. The second-order valence-electron chi connectivity index (χ2n) is 19.6. The van der Waals surface area contributed by atoms with Gasteiger partial charge in [0.1, 0.15) is 0 Å². The molecule has 14 rings (SSSR count). The van der Waals surface area contributed by atoms with E-state index in [1.54, 1.807) is 0 Å². The average molecular weight is 881 g/mol. The molecule has 0 saturated carbocycles. The molecular formula is C67H48N2. The first kappa shape index (κ1) is 39.7. The van der Waals surface area contributed by atoms with Crippen LogP contribution in [0.15, 0.2) is 237 Å². The highest BCUT2D eigenvalue weighted by atomic mass is 15.1. The van der Waals surface area contributed by atoms with Crippen molar-refractivity contribution >= 4 is 55.2 Å². The second-order valence-corrected chi connectivity index (χ2v) is 19.6. The van der Waals surface area contributed by atoms with Gasteiger partial charge in [-0.2, -0.15) is 0 Å². The maximum atomic E-state index is 2.61. The van der Waals surface area contributed by atoms with E-state index in [-0.39, 0.29) is 11.3 Å². The molecule has 0 fully saturated rings. The molecule has 0 radical (unpaired) electrons. The molecule has 1 unspecified atom stereocenters. The van der Waals surface area contributed by atoms with E-state index in [1.165, 1.54) is 111 Å². The SMILES string of the molecule is CC1(C)c2cccc3c2-c2c1ccc1c4cccc(C5=CCC(c6ccc(N(c7cccc(-c8ccccc8)c7)c7ccccc7-c7ccc8ccccc8c7)cc6)C=C5)c4n(c21)-c1ccccc1-3. The number of benzene rings is 10. The van der Waals surface area contributed by atoms with Gasteiger partial charge in [0, 0.05) is 55.7 Å². The van der Waals surface area contributed by atoms with Crippen molar-refractivity contribution < 1.29 is 0 Å². The molecule has 0 amide bonds. The van der Waals surface area contributed by atoms with Gasteiger partial charge >= 0.3 is 0 Å². The van der Waals surface area contributed by atoms with Crippen molar-refractivity contribution in [2.75, 3.05) is 4.90 Å². The van der Waals surface area contributed by atoms with Gasteiger partial charge in [-0.05, 0) is 110 Å². The van der Waals surface area contributed by atoms with Gasteiger partial charge in [-0.3, -0.25) is 0 Å². The Labute approximate surface area is 403 Å². The maximum Gasteiger partial charge on any atom is 0.0623 e. The van der Waals surface area contributed by atoms with Gasteiger partial charge in [-0.25, -0.2) is 0 Å². The lowest BCUT2D eigenvalue weighted by Crippen LogP contribution is -2.15. The summed E-state index contributed by atoms with van der Waals surface area (Å²) in [7, 11) is 0. The highest BCUT2D eigenvalue weighted by Gasteiger charge is 2.41. The molecule has 1 aliphatic heterocycles. The van der Waals surface area contributed by atoms with E-state index in [0.29, 0.717) is 0 Å². The van der Waals surface area contributed by atoms with E-state index in [9.17, 15) is 0 Å². The van der Waals surface area contributed by atoms with E-state index >= 15 is 0 Å². The van der Waals surface area contributed by atoms with Crippen molar-refractivity contribution in [1.29, 1.82) is 0 Å². The van der Waals surface area contributed by atoms with Crippen LogP contribution in [0.25, 0.3) is 88.3 Å². The third-order valence-corrected chi connectivity index (χ3v) is 15.5. The monoisotopic (exact) mass is 880 g/mol. The summed E-state index contributed by atoms with van der Waals surface area (Å²) in [5.74, 6) is 0.258. The molecule has 3 aliphatic rings. The number of nitrogens with zero attached hydrogens (tertiary/aromatic N) is 2. The van der Waals surface area contributed by atoms with E-state index in [4.69, 9.17) is 0 Å². The fourth-order valence-electron chi connectivity index (χ4n) is 12.1. The smallest absolute Gasteiger partial charge is 0.0623 e. The van der Waals surface area contributed by atoms with Gasteiger partial charge < -0.3 is 9.47 Å². The van der Waals surface area contributed by atoms with E-state index in [2.05, 4.69) is 260 Å². The highest BCUT2D eigenvalue weighted by Crippen LogP contribution is 2.58. The summed E-state index contributed by atoms with van der Waals surface area (Å²) in [5, 5.41) is 5.10. The number of anilines is 3. The second kappa shape index (κ2) is 15.3. The van der Waals surface area contributed by atoms with Gasteiger partial charge in [0.05, 0.1) is 22.4 Å². The predicted octanol–water partition coefficient (Wildman–Crippen LogP) is 18.2. The first-order valence-electron chi connectivity index (χ1n) is 24.4. The Balaban J connectivity index is 0.846. The average Bonchev–Trinajstić information content (AvgIpc) is 3.82. The van der Waals surface area contributed by atoms with E-state index in [0.717, 1.165) is 23.5 Å². The zero-order chi connectivity index (χ0) is 45.8. The highest BCUT2D eigenvalue weighted by molar-refractivity contribution is 6.20. The molecule has 2 aliphatic carbocycles. The Morgan fingerprint density at radius 2 is 1.16 bits per heavy atom. The molecule has 2 heterocycles. The van der Waals surface area contributed by atoms with Crippen LogP contribution in [-0.2, 0) is 5.41 Å². The third kappa shape index (κ3) is 6.05. The van der Waals surface area contributed by atoms with Crippen molar-refractivity contribution in [2.24, 2.45) is 0 Å². The number of fused-ring (bicyclic) bond motifs is 7. The van der Waals surface area contributed by atoms with E-state index < -0.39 is 0 Å². The Morgan fingerprint density at radius 3 is 2.01 bits per heavy atom. The molecule has 2 nitrogen and oxygen atoms in total. The molecule has 0 saturated heterocycles. The van der Waals surface area contributed by atoms with Crippen LogP contribution in [0.2, 0.25) is 0 Å². The van der Waals surface area contributed by atoms with Crippen LogP contribution in [0.4, 0.5) is 17.1 Å². The van der Waals surface area contributed by atoms with Crippen LogP contribution < -0.4 is 4.90 Å². The van der Waals surface area contributed by atoms with Crippen LogP contribution in [-0.4, -0.2) is 4.57 Å². The molecule has 69 heavy (non-hydrogen) atoms. The topological polar surface area (TPSA) is 8.17 Å². The summed E-state index contributed by atoms with van der Waals surface area (Å²) in [4.78, 5) is 2.43. The summed E-state index contributed by atoms with van der Waals surface area (Å²) < 4.78 is 2.61. The molecule has 11 aromatic rings. The summed E-state index contributed by atoms with van der Waals surface area (Å²) in [5.41, 5.74) is 24.1. The van der Waals surface area contributed by atoms with Crippen molar-refractivity contribution in [2.45, 2.75) is 31.6 Å². The summed E-state index contributed by atoms with van der Waals surface area (Å²) >= 11 is 0. The zero-order valence-electron chi connectivity index (χ0n) is 38.7. The Kier molecular flexibility index (Phi) is 8.79. The molecule has 0 spiro atoms. The minimum Gasteiger partial charge on any atom is -0.310 e. The first-order valence-corrected chi connectivity index (χ1v) is 24.4. The number of hydrogen-bond donors (Lipinski definition) is 0. The summed E-state index contributed by atoms with van der Waals surface area (Å²) in [6.07, 6.45) is 8.21. The third-order valence-electron chi connectivity index (χ3n) is 15.5. The van der Waals surface area contributed by atoms with Crippen molar-refractivity contribution in [3.8, 4) is 50.2 Å². The number of hydrogen-bond acceptors (Lipinski definition) is 1. The standard InChI is InChI=1S/C67H48N2/c1-67(2)59-26-14-24-56-55-22-9-11-28-62(55)69-65-54(23-13-25-57(65)58-39-40-60(67)64(63(56)59)66(58)69)47-32-29-45(30-33-47)46-35-37-51(38-36-46)68(52-20-12-19-49(42-52)43-15-4-3-5-16-43)61-27-10-8-21-53(61)50-34-31-44-17-6-7-18-48(44)41-50/h3-29,31-42,45H,30H2,1-2H3. The normalized spacial score (nSPS) is 15.0. The minimum absolute atomic E-state index is 0.0821. The van der Waals surface area contributed by atoms with Crippen LogP contribution in [0.1, 0.15) is 48.4 Å². The number of para-hydroxylation sites is 3. The number of allylic oxidation sites excluding steroid dienone is 4. The lowest BCUT2D eigenvalue weighted by molar-refractivity contribution is 0.661. The molecular weight excluding hydrogens is 833 g/mol.